The van der Waals surface area contributed by atoms with Crippen molar-refractivity contribution in [3.05, 3.63) is 17.0 Å². The van der Waals surface area contributed by atoms with Gasteiger partial charge in [-0.15, -0.1) is 0 Å². The van der Waals surface area contributed by atoms with Crippen LogP contribution in [0.3, 0.4) is 0 Å². The van der Waals surface area contributed by atoms with Crippen LogP contribution in [0.25, 0.3) is 0 Å². The number of nitrogens with one attached hydrogen (secondary N) is 1. The Bertz CT molecular complexity index is 354. The fourth-order valence-electron chi connectivity index (χ4n) is 1.10. The summed E-state index contributed by atoms with van der Waals surface area (Å²) in [5, 5.41) is 2.63. The van der Waals surface area contributed by atoms with E-state index >= 15 is 0 Å². The number of rotatable bonds is 4. The molecule has 1 aromatic rings. The summed E-state index contributed by atoms with van der Waals surface area (Å²) in [6.45, 7) is 3.94. The highest BCUT2D eigenvalue weighted by Crippen LogP contribution is 2.09. The minimum absolute atomic E-state index is 0.142. The van der Waals surface area contributed by atoms with Crippen molar-refractivity contribution in [1.82, 2.24) is 9.97 Å². The normalized spacial score (nSPS) is 14.2. The van der Waals surface area contributed by atoms with Crippen LogP contribution in [0.2, 0.25) is 0 Å². The summed E-state index contributed by atoms with van der Waals surface area (Å²) in [6.07, 6.45) is 3.86. The van der Waals surface area contributed by atoms with Gasteiger partial charge in [0.1, 0.15) is 4.60 Å². The van der Waals surface area contributed by atoms with Gasteiger partial charge in [-0.3, -0.25) is 4.79 Å². The molecule has 0 aliphatic heterocycles. The van der Waals surface area contributed by atoms with Crippen LogP contribution in [0.5, 0.6) is 0 Å². The van der Waals surface area contributed by atoms with Crippen LogP contribution in [-0.2, 0) is 4.79 Å². The molecule has 0 aromatic carbocycles. The van der Waals surface area contributed by atoms with Gasteiger partial charge in [0.25, 0.3) is 0 Å². The number of nitrogens with zero attached hydrogens (tertiary/aromatic N) is 2. The molecular weight excluding hydrogens is 272 g/mol. The number of amides is 1. The van der Waals surface area contributed by atoms with Crippen LogP contribution >= 0.6 is 15.9 Å². The van der Waals surface area contributed by atoms with Gasteiger partial charge in [0.15, 0.2) is 5.82 Å². The number of anilines is 1. The minimum Gasteiger partial charge on any atom is -0.320 e. The average molecular weight is 287 g/mol. The highest BCUT2D eigenvalue weighted by atomic mass is 79.9. The fraction of sp³-hybridized carbons (Fsp3) is 0.500. The van der Waals surface area contributed by atoms with E-state index in [4.69, 9.17) is 5.73 Å². The predicted octanol–water partition coefficient (Wildman–Crippen LogP) is 1.55. The van der Waals surface area contributed by atoms with Gasteiger partial charge in [0.05, 0.1) is 18.4 Å². The van der Waals surface area contributed by atoms with E-state index in [1.54, 1.807) is 0 Å². The second kappa shape index (κ2) is 5.91. The van der Waals surface area contributed by atoms with E-state index in [1.165, 1.54) is 12.4 Å². The number of carbonyl (C=O) groups is 1. The summed E-state index contributed by atoms with van der Waals surface area (Å²) < 4.78 is 0.622. The van der Waals surface area contributed by atoms with Crippen molar-refractivity contribution in [2.24, 2.45) is 11.7 Å². The van der Waals surface area contributed by atoms with E-state index in [2.05, 4.69) is 31.2 Å². The summed E-state index contributed by atoms with van der Waals surface area (Å²) in [5.74, 6) is 0.321. The van der Waals surface area contributed by atoms with Crippen LogP contribution in [-0.4, -0.2) is 21.9 Å². The number of hydrogen-bond donors (Lipinski definition) is 2. The summed E-state index contributed by atoms with van der Waals surface area (Å²) in [5.41, 5.74) is 5.78. The van der Waals surface area contributed by atoms with Crippen LogP contribution in [0.4, 0.5) is 5.82 Å². The second-order valence-corrected chi connectivity index (χ2v) is 4.44. The molecular formula is C10H15BrN4O. The van der Waals surface area contributed by atoms with Gasteiger partial charge >= 0.3 is 0 Å². The van der Waals surface area contributed by atoms with Crippen molar-refractivity contribution in [2.75, 3.05) is 5.32 Å². The molecule has 0 bridgehead atoms. The van der Waals surface area contributed by atoms with Crippen molar-refractivity contribution in [3.63, 3.8) is 0 Å². The van der Waals surface area contributed by atoms with Gasteiger partial charge < -0.3 is 11.1 Å². The summed E-state index contributed by atoms with van der Waals surface area (Å²) in [7, 11) is 0. The Morgan fingerprint density at radius 2 is 2.25 bits per heavy atom. The van der Waals surface area contributed by atoms with Crippen LogP contribution in [0.15, 0.2) is 17.0 Å². The van der Waals surface area contributed by atoms with E-state index < -0.39 is 6.04 Å². The molecule has 0 aliphatic rings. The van der Waals surface area contributed by atoms with Crippen molar-refractivity contribution in [1.29, 1.82) is 0 Å². The zero-order chi connectivity index (χ0) is 12.1. The molecule has 0 saturated heterocycles. The van der Waals surface area contributed by atoms with Crippen molar-refractivity contribution in [3.8, 4) is 0 Å². The molecule has 2 atom stereocenters. The Morgan fingerprint density at radius 1 is 1.56 bits per heavy atom. The molecule has 1 unspecified atom stereocenters. The average Bonchev–Trinajstić information content (AvgIpc) is 2.30. The second-order valence-electron chi connectivity index (χ2n) is 3.62. The molecule has 0 radical (unpaired) electrons. The third kappa shape index (κ3) is 3.53. The van der Waals surface area contributed by atoms with Gasteiger partial charge in [-0.05, 0) is 21.8 Å². The maximum atomic E-state index is 11.7. The summed E-state index contributed by atoms with van der Waals surface area (Å²) >= 11 is 3.16. The Morgan fingerprint density at radius 3 is 2.75 bits per heavy atom. The number of nitrogens with two attached hydrogens (primary N) is 1. The quantitative estimate of drug-likeness (QED) is 0.880. The molecule has 1 heterocycles. The molecule has 0 saturated carbocycles. The lowest BCUT2D eigenvalue weighted by molar-refractivity contribution is -0.118. The van der Waals surface area contributed by atoms with Gasteiger partial charge in [0, 0.05) is 0 Å². The zero-order valence-corrected chi connectivity index (χ0v) is 10.9. The molecule has 3 N–H and O–H groups in total. The largest absolute Gasteiger partial charge is 0.320 e. The van der Waals surface area contributed by atoms with E-state index in [0.717, 1.165) is 6.42 Å². The number of halogens is 1. The van der Waals surface area contributed by atoms with Gasteiger partial charge in [-0.25, -0.2) is 9.97 Å². The maximum absolute atomic E-state index is 11.7. The molecule has 1 aromatic heterocycles. The first-order chi connectivity index (χ1) is 7.54. The van der Waals surface area contributed by atoms with Crippen molar-refractivity contribution < 1.29 is 4.79 Å². The molecule has 0 aliphatic carbocycles. The van der Waals surface area contributed by atoms with Gasteiger partial charge in [-0.1, -0.05) is 20.3 Å². The standard InChI is InChI=1S/C10H15BrN4O/c1-3-6(2)9(12)10(16)15-8-5-13-7(11)4-14-8/h4-6,9H,3,12H2,1-2H3,(H,14,15,16)/t6?,9-/m0/s1. The minimum atomic E-state index is -0.518. The molecule has 88 valence electrons. The van der Waals surface area contributed by atoms with Gasteiger partial charge in [-0.2, -0.15) is 0 Å². The third-order valence-corrected chi connectivity index (χ3v) is 2.84. The van der Waals surface area contributed by atoms with E-state index in [1.807, 2.05) is 13.8 Å². The lowest BCUT2D eigenvalue weighted by Crippen LogP contribution is -2.40. The Labute approximate surface area is 103 Å². The lowest BCUT2D eigenvalue weighted by atomic mass is 9.99. The Hall–Kier alpha value is -1.01. The molecule has 1 rings (SSSR count). The Balaban J connectivity index is 2.60. The molecule has 16 heavy (non-hydrogen) atoms. The number of carbonyl (C=O) groups excluding carboxylic acids is 1. The van der Waals surface area contributed by atoms with Crippen LogP contribution in [0, 0.1) is 5.92 Å². The first-order valence-electron chi connectivity index (χ1n) is 5.08. The highest BCUT2D eigenvalue weighted by molar-refractivity contribution is 9.10. The zero-order valence-electron chi connectivity index (χ0n) is 9.27. The van der Waals surface area contributed by atoms with Crippen molar-refractivity contribution >= 4 is 27.7 Å². The van der Waals surface area contributed by atoms with Crippen LogP contribution in [0.1, 0.15) is 20.3 Å². The first-order valence-corrected chi connectivity index (χ1v) is 5.88. The third-order valence-electron chi connectivity index (χ3n) is 2.43. The Kier molecular flexibility index (Phi) is 4.82. The molecule has 5 nitrogen and oxygen atoms in total. The molecule has 0 spiro atoms. The lowest BCUT2D eigenvalue weighted by Gasteiger charge is -2.17. The fourth-order valence-corrected chi connectivity index (χ4v) is 1.30. The van der Waals surface area contributed by atoms with E-state index in [9.17, 15) is 4.79 Å². The van der Waals surface area contributed by atoms with E-state index in [0.29, 0.717) is 10.4 Å². The molecule has 0 fully saturated rings. The number of hydrogen-bond acceptors (Lipinski definition) is 4. The smallest absolute Gasteiger partial charge is 0.242 e. The van der Waals surface area contributed by atoms with Crippen LogP contribution < -0.4 is 11.1 Å². The van der Waals surface area contributed by atoms with E-state index in [-0.39, 0.29) is 11.8 Å². The maximum Gasteiger partial charge on any atom is 0.242 e. The summed E-state index contributed by atoms with van der Waals surface area (Å²) in [4.78, 5) is 19.6. The number of aromatic nitrogens is 2. The summed E-state index contributed by atoms with van der Waals surface area (Å²) in [6, 6.07) is -0.518. The highest BCUT2D eigenvalue weighted by Gasteiger charge is 2.19. The topological polar surface area (TPSA) is 80.9 Å². The molecule has 6 heteroatoms. The molecule has 1 amide bonds. The van der Waals surface area contributed by atoms with Crippen molar-refractivity contribution in [2.45, 2.75) is 26.3 Å². The first kappa shape index (κ1) is 13.1. The monoisotopic (exact) mass is 286 g/mol. The van der Waals surface area contributed by atoms with Gasteiger partial charge in [0.2, 0.25) is 5.91 Å². The predicted molar refractivity (Wildman–Crippen MR) is 65.8 cm³/mol. The SMILES string of the molecule is CCC(C)[C@H](N)C(=O)Nc1cnc(Br)cn1.